The van der Waals surface area contributed by atoms with Crippen LogP contribution >= 0.6 is 11.3 Å². The summed E-state index contributed by atoms with van der Waals surface area (Å²) in [5.74, 6) is -0.989. The Balaban J connectivity index is 1.95. The molecule has 2 aromatic rings. The first-order valence-electron chi connectivity index (χ1n) is 10.2. The number of rotatable bonds is 9. The lowest BCUT2D eigenvalue weighted by molar-refractivity contribution is -0.121. The molecule has 0 radical (unpaired) electrons. The number of nitrogens with one attached hydrogen (secondary N) is 2. The van der Waals surface area contributed by atoms with Crippen LogP contribution in [0.1, 0.15) is 50.7 Å². The highest BCUT2D eigenvalue weighted by Crippen LogP contribution is 2.17. The number of halogens is 1. The molecule has 1 aromatic heterocycles. The molecule has 3 amide bonds. The molecule has 0 aliphatic heterocycles. The SMILES string of the molecule is CC(C)C(C)NC(=O)Cc1csc(NC(=O)CN(C(=O)c2ccc(F)cc2)C(C)C)n1. The molecular formula is C22H29FN4O3S. The Hall–Kier alpha value is -2.81. The van der Waals surface area contributed by atoms with Gasteiger partial charge in [0.15, 0.2) is 5.13 Å². The van der Waals surface area contributed by atoms with E-state index in [1.165, 1.54) is 40.5 Å². The van der Waals surface area contributed by atoms with Crippen LogP contribution in [0.2, 0.25) is 0 Å². The van der Waals surface area contributed by atoms with Gasteiger partial charge >= 0.3 is 0 Å². The van der Waals surface area contributed by atoms with Crippen molar-refractivity contribution in [2.24, 2.45) is 5.92 Å². The number of aromatic nitrogens is 1. The molecule has 1 aromatic carbocycles. The molecule has 1 heterocycles. The van der Waals surface area contributed by atoms with Crippen molar-refractivity contribution in [1.29, 1.82) is 0 Å². The lowest BCUT2D eigenvalue weighted by Gasteiger charge is -2.26. The van der Waals surface area contributed by atoms with Crippen molar-refractivity contribution in [2.75, 3.05) is 11.9 Å². The van der Waals surface area contributed by atoms with Crippen LogP contribution in [0.15, 0.2) is 29.6 Å². The van der Waals surface area contributed by atoms with Crippen LogP contribution in [-0.4, -0.2) is 46.2 Å². The summed E-state index contributed by atoms with van der Waals surface area (Å²) in [7, 11) is 0. The predicted molar refractivity (Wildman–Crippen MR) is 119 cm³/mol. The summed E-state index contributed by atoms with van der Waals surface area (Å²) in [4.78, 5) is 43.0. The van der Waals surface area contributed by atoms with Gasteiger partial charge in [0.25, 0.3) is 5.91 Å². The molecule has 1 unspecified atom stereocenters. The van der Waals surface area contributed by atoms with Crippen LogP contribution in [0.5, 0.6) is 0 Å². The lowest BCUT2D eigenvalue weighted by Crippen LogP contribution is -2.42. The van der Waals surface area contributed by atoms with Crippen LogP contribution in [0.4, 0.5) is 9.52 Å². The van der Waals surface area contributed by atoms with Gasteiger partial charge in [-0.1, -0.05) is 13.8 Å². The average Bonchev–Trinajstić information content (AvgIpc) is 3.12. The Labute approximate surface area is 186 Å². The smallest absolute Gasteiger partial charge is 0.254 e. The van der Waals surface area contributed by atoms with E-state index < -0.39 is 11.7 Å². The third-order valence-corrected chi connectivity index (χ3v) is 5.62. The molecule has 31 heavy (non-hydrogen) atoms. The monoisotopic (exact) mass is 448 g/mol. The molecule has 0 bridgehead atoms. The van der Waals surface area contributed by atoms with Gasteiger partial charge in [-0.05, 0) is 51.0 Å². The summed E-state index contributed by atoms with van der Waals surface area (Å²) in [6, 6.07) is 5.03. The van der Waals surface area contributed by atoms with Crippen LogP contribution in [0.25, 0.3) is 0 Å². The maximum absolute atomic E-state index is 13.1. The minimum Gasteiger partial charge on any atom is -0.353 e. The second kappa shape index (κ2) is 11.0. The zero-order chi connectivity index (χ0) is 23.1. The normalized spacial score (nSPS) is 12.0. The Morgan fingerprint density at radius 2 is 1.71 bits per heavy atom. The molecule has 0 saturated heterocycles. The van der Waals surface area contributed by atoms with E-state index in [1.54, 1.807) is 19.2 Å². The number of carbonyl (C=O) groups is 3. The van der Waals surface area contributed by atoms with Crippen molar-refractivity contribution >= 4 is 34.2 Å². The van der Waals surface area contributed by atoms with E-state index in [9.17, 15) is 18.8 Å². The van der Waals surface area contributed by atoms with E-state index in [-0.39, 0.29) is 36.9 Å². The minimum atomic E-state index is -0.433. The molecule has 2 N–H and O–H groups in total. The van der Waals surface area contributed by atoms with Gasteiger partial charge < -0.3 is 15.5 Å². The zero-order valence-corrected chi connectivity index (χ0v) is 19.3. The minimum absolute atomic E-state index is 0.0611. The van der Waals surface area contributed by atoms with Gasteiger partial charge in [-0.25, -0.2) is 9.37 Å². The van der Waals surface area contributed by atoms with Gasteiger partial charge in [0, 0.05) is 23.0 Å². The van der Waals surface area contributed by atoms with Crippen molar-refractivity contribution in [3.63, 3.8) is 0 Å². The van der Waals surface area contributed by atoms with Crippen molar-refractivity contribution < 1.29 is 18.8 Å². The Kier molecular flexibility index (Phi) is 8.67. The fraction of sp³-hybridized carbons (Fsp3) is 0.455. The van der Waals surface area contributed by atoms with Gasteiger partial charge in [-0.3, -0.25) is 14.4 Å². The molecule has 2 rings (SSSR count). The van der Waals surface area contributed by atoms with Crippen molar-refractivity contribution in [3.05, 3.63) is 46.7 Å². The third-order valence-electron chi connectivity index (χ3n) is 4.82. The first-order valence-corrected chi connectivity index (χ1v) is 11.0. The van der Waals surface area contributed by atoms with E-state index >= 15 is 0 Å². The Bertz CT molecular complexity index is 912. The number of hydrogen-bond acceptors (Lipinski definition) is 5. The second-order valence-corrected chi connectivity index (χ2v) is 8.86. The molecule has 7 nitrogen and oxygen atoms in total. The largest absolute Gasteiger partial charge is 0.353 e. The van der Waals surface area contributed by atoms with Gasteiger partial charge in [0.1, 0.15) is 12.4 Å². The fourth-order valence-corrected chi connectivity index (χ4v) is 3.37. The lowest BCUT2D eigenvalue weighted by atomic mass is 10.1. The number of nitrogens with zero attached hydrogens (tertiary/aromatic N) is 2. The first kappa shape index (κ1) is 24.5. The number of anilines is 1. The highest BCUT2D eigenvalue weighted by atomic mass is 32.1. The van der Waals surface area contributed by atoms with Crippen molar-refractivity contribution in [3.8, 4) is 0 Å². The van der Waals surface area contributed by atoms with E-state index in [2.05, 4.69) is 15.6 Å². The average molecular weight is 449 g/mol. The third kappa shape index (κ3) is 7.43. The number of carbonyl (C=O) groups excluding carboxylic acids is 3. The molecule has 0 spiro atoms. The maximum Gasteiger partial charge on any atom is 0.254 e. The fourth-order valence-electron chi connectivity index (χ4n) is 2.64. The predicted octanol–water partition coefficient (Wildman–Crippen LogP) is 3.47. The van der Waals surface area contributed by atoms with Crippen molar-refractivity contribution in [2.45, 2.75) is 53.1 Å². The number of hydrogen-bond donors (Lipinski definition) is 2. The summed E-state index contributed by atoms with van der Waals surface area (Å²) in [6.07, 6.45) is 0.130. The molecule has 9 heteroatoms. The van der Waals surface area contributed by atoms with E-state index in [0.29, 0.717) is 22.3 Å². The van der Waals surface area contributed by atoms with Gasteiger partial charge in [-0.15, -0.1) is 11.3 Å². The summed E-state index contributed by atoms with van der Waals surface area (Å²) in [5.41, 5.74) is 0.873. The maximum atomic E-state index is 13.1. The van der Waals surface area contributed by atoms with E-state index in [0.717, 1.165) is 0 Å². The van der Waals surface area contributed by atoms with Crippen LogP contribution in [0.3, 0.4) is 0 Å². The van der Waals surface area contributed by atoms with Gasteiger partial charge in [-0.2, -0.15) is 0 Å². The first-order chi connectivity index (χ1) is 14.6. The van der Waals surface area contributed by atoms with Crippen molar-refractivity contribution in [1.82, 2.24) is 15.2 Å². The zero-order valence-electron chi connectivity index (χ0n) is 18.4. The van der Waals surface area contributed by atoms with Crippen LogP contribution in [-0.2, 0) is 16.0 Å². The van der Waals surface area contributed by atoms with Gasteiger partial charge in [0.2, 0.25) is 11.8 Å². The van der Waals surface area contributed by atoms with E-state index in [1.807, 2.05) is 20.8 Å². The highest BCUT2D eigenvalue weighted by molar-refractivity contribution is 7.13. The number of benzene rings is 1. The summed E-state index contributed by atoms with van der Waals surface area (Å²) < 4.78 is 13.1. The summed E-state index contributed by atoms with van der Waals surface area (Å²) in [6.45, 7) is 9.43. The van der Waals surface area contributed by atoms with E-state index in [4.69, 9.17) is 0 Å². The Morgan fingerprint density at radius 1 is 1.06 bits per heavy atom. The molecule has 0 aliphatic carbocycles. The number of amides is 3. The molecule has 168 valence electrons. The van der Waals surface area contributed by atoms with Crippen LogP contribution in [0, 0.1) is 11.7 Å². The van der Waals surface area contributed by atoms with Gasteiger partial charge in [0.05, 0.1) is 12.1 Å². The summed E-state index contributed by atoms with van der Waals surface area (Å²) in [5, 5.41) is 7.68. The van der Waals surface area contributed by atoms with Crippen LogP contribution < -0.4 is 10.6 Å². The summed E-state index contributed by atoms with van der Waals surface area (Å²) >= 11 is 1.22. The number of thiazole rings is 1. The molecule has 1 atom stereocenters. The molecule has 0 saturated carbocycles. The molecule has 0 aliphatic rings. The Morgan fingerprint density at radius 3 is 2.29 bits per heavy atom. The second-order valence-electron chi connectivity index (χ2n) is 8.00. The standard InChI is InChI=1S/C22H29FN4O3S/c1-13(2)15(5)24-19(28)10-18-12-31-22(25-18)26-20(29)11-27(14(3)4)21(30)16-6-8-17(23)9-7-16/h6-9,12-15H,10-11H2,1-5H3,(H,24,28)(H,25,26,29). The topological polar surface area (TPSA) is 91.4 Å². The quantitative estimate of drug-likeness (QED) is 0.614. The molecular weight excluding hydrogens is 419 g/mol. The highest BCUT2D eigenvalue weighted by Gasteiger charge is 2.22. The molecule has 0 fully saturated rings.